The molecule has 2 heterocycles. The topological polar surface area (TPSA) is 76.1 Å². The van der Waals surface area contributed by atoms with Crippen molar-refractivity contribution in [1.82, 2.24) is 15.3 Å². The Kier molecular flexibility index (Phi) is 5.03. The quantitative estimate of drug-likeness (QED) is 0.797. The van der Waals surface area contributed by atoms with Gasteiger partial charge in [-0.1, -0.05) is 18.2 Å². The second-order valence-electron chi connectivity index (χ2n) is 8.66. The number of fused-ring (bicyclic) bond motifs is 4. The third-order valence-corrected chi connectivity index (χ3v) is 6.29. The van der Waals surface area contributed by atoms with Gasteiger partial charge in [0.2, 0.25) is 5.95 Å². The number of nitrogens with one attached hydrogen (secondary N) is 2. The Labute approximate surface area is 177 Å². The molecule has 0 spiro atoms. The van der Waals surface area contributed by atoms with E-state index in [1.165, 1.54) is 5.57 Å². The Morgan fingerprint density at radius 2 is 2.20 bits per heavy atom. The monoisotopic (exact) mass is 404 g/mol. The van der Waals surface area contributed by atoms with Gasteiger partial charge in [-0.15, -0.1) is 0 Å². The Hall–Kier alpha value is -2.73. The zero-order chi connectivity index (χ0) is 20.7. The van der Waals surface area contributed by atoms with Crippen LogP contribution in [-0.4, -0.2) is 42.2 Å². The first-order valence-corrected chi connectivity index (χ1v) is 10.9. The summed E-state index contributed by atoms with van der Waals surface area (Å²) in [4.78, 5) is 21.9. The smallest absolute Gasteiger partial charge is 0.251 e. The Morgan fingerprint density at radius 1 is 1.30 bits per heavy atom. The van der Waals surface area contributed by atoms with Gasteiger partial charge in [0.1, 0.15) is 0 Å². The van der Waals surface area contributed by atoms with Crippen LogP contribution in [0.3, 0.4) is 0 Å². The number of hydrogen-bond donors (Lipinski definition) is 2. The number of nitrogens with zero attached hydrogens (tertiary/aromatic N) is 2. The van der Waals surface area contributed by atoms with Crippen LogP contribution >= 0.6 is 0 Å². The Morgan fingerprint density at radius 3 is 3.07 bits per heavy atom. The van der Waals surface area contributed by atoms with E-state index in [1.807, 2.05) is 12.3 Å². The molecule has 1 aliphatic heterocycles. The van der Waals surface area contributed by atoms with E-state index in [9.17, 15) is 4.79 Å². The van der Waals surface area contributed by atoms with Crippen LogP contribution in [0.15, 0.2) is 30.5 Å². The molecular weight excluding hydrogens is 376 g/mol. The highest BCUT2D eigenvalue weighted by atomic mass is 16.5. The van der Waals surface area contributed by atoms with Crippen LogP contribution in [0.4, 0.5) is 5.95 Å². The SMILES string of the molecule is COC[C@H](C)Nc1ncc2c(n1)C1C[C@H]1C=C2c1ccc2c(c1)CCCCNC2=O. The fourth-order valence-electron chi connectivity index (χ4n) is 4.66. The summed E-state index contributed by atoms with van der Waals surface area (Å²) in [5, 5.41) is 6.34. The van der Waals surface area contributed by atoms with Gasteiger partial charge in [-0.05, 0) is 61.3 Å². The van der Waals surface area contributed by atoms with Crippen LogP contribution in [0.2, 0.25) is 0 Å². The van der Waals surface area contributed by atoms with Crippen LogP contribution in [0.5, 0.6) is 0 Å². The van der Waals surface area contributed by atoms with Crippen LogP contribution in [0.1, 0.15) is 64.8 Å². The predicted octanol–water partition coefficient (Wildman–Crippen LogP) is 3.54. The first-order chi connectivity index (χ1) is 14.6. The molecular formula is C24H28N4O2. The molecule has 1 fully saturated rings. The van der Waals surface area contributed by atoms with Crippen molar-refractivity contribution >= 4 is 17.4 Å². The Bertz CT molecular complexity index is 1020. The molecule has 0 bridgehead atoms. The minimum Gasteiger partial charge on any atom is -0.383 e. The maximum atomic E-state index is 12.4. The summed E-state index contributed by atoms with van der Waals surface area (Å²) in [6.45, 7) is 3.43. The van der Waals surface area contributed by atoms with Crippen LogP contribution in [0.25, 0.3) is 5.57 Å². The first kappa shape index (κ1) is 19.2. The van der Waals surface area contributed by atoms with Crippen LogP contribution in [0, 0.1) is 5.92 Å². The minimum absolute atomic E-state index is 0.0424. The molecule has 2 aliphatic carbocycles. The fraction of sp³-hybridized carbons (Fsp3) is 0.458. The number of allylic oxidation sites excluding steroid dienone is 1. The van der Waals surface area contributed by atoms with Crippen molar-refractivity contribution in [3.05, 3.63) is 58.4 Å². The molecule has 1 amide bonds. The van der Waals surface area contributed by atoms with E-state index in [2.05, 4.69) is 40.8 Å². The molecule has 5 rings (SSSR count). The third-order valence-electron chi connectivity index (χ3n) is 6.29. The van der Waals surface area contributed by atoms with Crippen molar-refractivity contribution < 1.29 is 9.53 Å². The number of methoxy groups -OCH3 is 1. The lowest BCUT2D eigenvalue weighted by Gasteiger charge is -2.21. The average molecular weight is 405 g/mol. The molecule has 0 saturated heterocycles. The van der Waals surface area contributed by atoms with Gasteiger partial charge in [0.05, 0.1) is 12.3 Å². The minimum atomic E-state index is 0.0424. The molecule has 6 nitrogen and oxygen atoms in total. The van der Waals surface area contributed by atoms with Crippen molar-refractivity contribution in [2.75, 3.05) is 25.6 Å². The number of benzene rings is 1. The van der Waals surface area contributed by atoms with E-state index >= 15 is 0 Å². The molecule has 0 radical (unpaired) electrons. The van der Waals surface area contributed by atoms with E-state index in [0.717, 1.165) is 60.2 Å². The summed E-state index contributed by atoms with van der Waals surface area (Å²) in [6.07, 6.45) is 8.54. The number of amides is 1. The zero-order valence-corrected chi connectivity index (χ0v) is 17.6. The van der Waals surface area contributed by atoms with E-state index in [0.29, 0.717) is 24.4 Å². The maximum Gasteiger partial charge on any atom is 0.251 e. The average Bonchev–Trinajstić information content (AvgIpc) is 3.51. The molecule has 3 aliphatic rings. The third kappa shape index (κ3) is 3.60. The molecule has 2 N–H and O–H groups in total. The standard InChI is InChI=1S/C24H28N4O2/c1-14(13-30-2)27-24-26-12-21-19(10-17-11-20(17)22(21)28-24)16-6-7-18-15(9-16)5-3-4-8-25-23(18)29/h6-7,9-10,12,14,17,20H,3-5,8,11,13H2,1-2H3,(H,25,29)(H,26,27,28)/t14-,17+,20?/m0/s1. The second-order valence-corrected chi connectivity index (χ2v) is 8.66. The number of anilines is 1. The van der Waals surface area contributed by atoms with E-state index in [4.69, 9.17) is 9.72 Å². The second kappa shape index (κ2) is 7.84. The first-order valence-electron chi connectivity index (χ1n) is 10.9. The van der Waals surface area contributed by atoms with Crippen molar-refractivity contribution in [1.29, 1.82) is 0 Å². The van der Waals surface area contributed by atoms with Gasteiger partial charge in [0.15, 0.2) is 0 Å². The van der Waals surface area contributed by atoms with Gasteiger partial charge in [0, 0.05) is 42.9 Å². The normalized spacial score (nSPS) is 23.0. The largest absolute Gasteiger partial charge is 0.383 e. The van der Waals surface area contributed by atoms with Crippen molar-refractivity contribution in [2.45, 2.75) is 44.6 Å². The molecule has 3 atom stereocenters. The van der Waals surface area contributed by atoms with Crippen LogP contribution in [-0.2, 0) is 11.2 Å². The van der Waals surface area contributed by atoms with Crippen molar-refractivity contribution in [3.63, 3.8) is 0 Å². The fourth-order valence-corrected chi connectivity index (χ4v) is 4.66. The predicted molar refractivity (Wildman–Crippen MR) is 117 cm³/mol. The maximum absolute atomic E-state index is 12.4. The summed E-state index contributed by atoms with van der Waals surface area (Å²) in [5.41, 5.74) is 6.56. The zero-order valence-electron chi connectivity index (χ0n) is 17.6. The number of hydrogen-bond acceptors (Lipinski definition) is 5. The number of aromatic nitrogens is 2. The number of carbonyl (C=O) groups is 1. The number of ether oxygens (including phenoxy) is 1. The van der Waals surface area contributed by atoms with Gasteiger partial charge < -0.3 is 15.4 Å². The summed E-state index contributed by atoms with van der Waals surface area (Å²) in [5.74, 6) is 1.76. The summed E-state index contributed by atoms with van der Waals surface area (Å²) >= 11 is 0. The highest BCUT2D eigenvalue weighted by Crippen LogP contribution is 2.55. The lowest BCUT2D eigenvalue weighted by atomic mass is 9.88. The number of aryl methyl sites for hydroxylation is 1. The molecule has 1 aromatic carbocycles. The molecule has 1 aromatic heterocycles. The Balaban J connectivity index is 1.48. The molecule has 6 heteroatoms. The van der Waals surface area contributed by atoms with E-state index in [-0.39, 0.29) is 11.9 Å². The van der Waals surface area contributed by atoms with Gasteiger partial charge >= 0.3 is 0 Å². The molecule has 156 valence electrons. The summed E-state index contributed by atoms with van der Waals surface area (Å²) < 4.78 is 5.21. The van der Waals surface area contributed by atoms with E-state index in [1.54, 1.807) is 7.11 Å². The van der Waals surface area contributed by atoms with Gasteiger partial charge in [-0.3, -0.25) is 4.79 Å². The lowest BCUT2D eigenvalue weighted by Crippen LogP contribution is -2.27. The molecule has 1 unspecified atom stereocenters. The van der Waals surface area contributed by atoms with Gasteiger partial charge in [-0.2, -0.15) is 0 Å². The van der Waals surface area contributed by atoms with Gasteiger partial charge in [-0.25, -0.2) is 9.97 Å². The summed E-state index contributed by atoms with van der Waals surface area (Å²) in [6, 6.07) is 6.41. The van der Waals surface area contributed by atoms with Crippen molar-refractivity contribution in [3.8, 4) is 0 Å². The number of rotatable bonds is 5. The summed E-state index contributed by atoms with van der Waals surface area (Å²) in [7, 11) is 1.70. The van der Waals surface area contributed by atoms with Crippen LogP contribution < -0.4 is 10.6 Å². The lowest BCUT2D eigenvalue weighted by molar-refractivity contribution is 0.0950. The van der Waals surface area contributed by atoms with Gasteiger partial charge in [0.25, 0.3) is 5.91 Å². The molecule has 1 saturated carbocycles. The molecule has 30 heavy (non-hydrogen) atoms. The molecule has 2 aromatic rings. The highest BCUT2D eigenvalue weighted by Gasteiger charge is 2.43. The highest BCUT2D eigenvalue weighted by molar-refractivity contribution is 5.96. The van der Waals surface area contributed by atoms with E-state index < -0.39 is 0 Å². The van der Waals surface area contributed by atoms with Crippen molar-refractivity contribution in [2.24, 2.45) is 5.92 Å². The number of carbonyl (C=O) groups excluding carboxylic acids is 1.